The lowest BCUT2D eigenvalue weighted by molar-refractivity contribution is 0.340. The van der Waals surface area contributed by atoms with Crippen molar-refractivity contribution >= 4 is 0 Å². The Bertz CT molecular complexity index is 611. The number of nitrogens with zero attached hydrogens (tertiary/aromatic N) is 1. The highest BCUT2D eigenvalue weighted by Crippen LogP contribution is 2.13. The van der Waals surface area contributed by atoms with Crippen LogP contribution in [0.4, 0.5) is 0 Å². The van der Waals surface area contributed by atoms with E-state index in [0.29, 0.717) is 12.3 Å². The first kappa shape index (κ1) is 11.2. The lowest BCUT2D eigenvalue weighted by Crippen LogP contribution is -2.34. The molecule has 1 N–H and O–H groups in total. The smallest absolute Gasteiger partial charge is 0.320 e. The van der Waals surface area contributed by atoms with Crippen molar-refractivity contribution in [1.82, 2.24) is 9.55 Å². The van der Waals surface area contributed by atoms with Gasteiger partial charge in [0.05, 0.1) is 6.61 Å². The zero-order valence-electron chi connectivity index (χ0n) is 9.34. The quantitative estimate of drug-likeness (QED) is 0.800. The molecular weight excluding hydrogens is 220 g/mol. The van der Waals surface area contributed by atoms with Crippen LogP contribution in [0.3, 0.4) is 0 Å². The topological polar surface area (TPSA) is 64.1 Å². The molecule has 0 spiro atoms. The number of hydrogen-bond donors (Lipinski definition) is 1. The van der Waals surface area contributed by atoms with Crippen LogP contribution in [-0.4, -0.2) is 16.2 Å². The first-order chi connectivity index (χ1) is 8.22. The van der Waals surface area contributed by atoms with Gasteiger partial charge < -0.3 is 9.72 Å². The molecule has 0 aliphatic carbocycles. The number of benzene rings is 1. The first-order valence-corrected chi connectivity index (χ1v) is 5.26. The molecule has 0 saturated heterocycles. The van der Waals surface area contributed by atoms with Gasteiger partial charge in [-0.05, 0) is 31.2 Å². The maximum Gasteiger partial charge on any atom is 0.320 e. The first-order valence-electron chi connectivity index (χ1n) is 5.26. The molecule has 2 aromatic rings. The Morgan fingerprint density at radius 3 is 2.59 bits per heavy atom. The molecule has 0 amide bonds. The van der Waals surface area contributed by atoms with Crippen LogP contribution in [-0.2, 0) is 0 Å². The Labute approximate surface area is 97.3 Å². The number of H-pyrrole nitrogens is 1. The summed E-state index contributed by atoms with van der Waals surface area (Å²) in [6.07, 6.45) is 2.94. The van der Waals surface area contributed by atoms with Crippen LogP contribution in [0.1, 0.15) is 6.92 Å². The Balaban J connectivity index is 2.44. The molecule has 5 heteroatoms. The van der Waals surface area contributed by atoms with Crippen molar-refractivity contribution in [2.75, 3.05) is 6.61 Å². The summed E-state index contributed by atoms with van der Waals surface area (Å²) < 4.78 is 6.58. The highest BCUT2D eigenvalue weighted by atomic mass is 16.5. The molecule has 0 atom stereocenters. The van der Waals surface area contributed by atoms with Gasteiger partial charge in [0.15, 0.2) is 0 Å². The lowest BCUT2D eigenvalue weighted by atomic mass is 10.3. The van der Waals surface area contributed by atoms with Gasteiger partial charge in [0.25, 0.3) is 0 Å². The zero-order chi connectivity index (χ0) is 12.3. The Morgan fingerprint density at radius 2 is 1.94 bits per heavy atom. The van der Waals surface area contributed by atoms with Gasteiger partial charge >= 0.3 is 11.1 Å². The minimum Gasteiger partial charge on any atom is -0.494 e. The second-order valence-electron chi connectivity index (χ2n) is 3.39. The van der Waals surface area contributed by atoms with Crippen molar-refractivity contribution in [3.05, 3.63) is 57.4 Å². The Morgan fingerprint density at radius 1 is 1.24 bits per heavy atom. The van der Waals surface area contributed by atoms with Crippen LogP contribution in [0.25, 0.3) is 5.69 Å². The average molecular weight is 232 g/mol. The Kier molecular flexibility index (Phi) is 3.09. The fourth-order valence-corrected chi connectivity index (χ4v) is 1.50. The van der Waals surface area contributed by atoms with E-state index < -0.39 is 11.1 Å². The number of hydrogen-bond acceptors (Lipinski definition) is 3. The Hall–Kier alpha value is -2.30. The van der Waals surface area contributed by atoms with Gasteiger partial charge in [0.2, 0.25) is 0 Å². The van der Waals surface area contributed by atoms with Crippen molar-refractivity contribution in [2.24, 2.45) is 0 Å². The molecule has 1 aromatic heterocycles. The predicted molar refractivity (Wildman–Crippen MR) is 63.8 cm³/mol. The van der Waals surface area contributed by atoms with E-state index in [1.165, 1.54) is 17.0 Å². The van der Waals surface area contributed by atoms with Crippen molar-refractivity contribution in [3.63, 3.8) is 0 Å². The molecule has 0 fully saturated rings. The molecule has 5 nitrogen and oxygen atoms in total. The molecule has 0 aliphatic heterocycles. The molecular formula is C12H12N2O3. The van der Waals surface area contributed by atoms with Gasteiger partial charge in [0, 0.05) is 18.1 Å². The van der Waals surface area contributed by atoms with E-state index in [4.69, 9.17) is 4.74 Å². The van der Waals surface area contributed by atoms with Crippen molar-refractivity contribution in [1.29, 1.82) is 0 Å². The molecule has 0 radical (unpaired) electrons. The number of aromatic amines is 1. The number of nitrogens with one attached hydrogen (secondary N) is 1. The summed E-state index contributed by atoms with van der Waals surface area (Å²) in [6, 6.07) is 6.97. The van der Waals surface area contributed by atoms with Crippen LogP contribution in [0.5, 0.6) is 5.75 Å². The summed E-state index contributed by atoms with van der Waals surface area (Å²) in [7, 11) is 0. The fraction of sp³-hybridized carbons (Fsp3) is 0.167. The monoisotopic (exact) mass is 232 g/mol. The minimum atomic E-state index is -0.638. The van der Waals surface area contributed by atoms with Gasteiger partial charge in [-0.15, -0.1) is 0 Å². The predicted octanol–water partition coefficient (Wildman–Crippen LogP) is 0.924. The van der Waals surface area contributed by atoms with Crippen LogP contribution in [0.15, 0.2) is 46.2 Å². The molecule has 1 aromatic carbocycles. The minimum absolute atomic E-state index is 0.588. The largest absolute Gasteiger partial charge is 0.494 e. The fourth-order valence-electron chi connectivity index (χ4n) is 1.50. The highest BCUT2D eigenvalue weighted by molar-refractivity contribution is 5.37. The zero-order valence-corrected chi connectivity index (χ0v) is 9.34. The third-order valence-electron chi connectivity index (χ3n) is 2.28. The molecule has 0 unspecified atom stereocenters. The summed E-state index contributed by atoms with van der Waals surface area (Å²) in [6.45, 7) is 2.49. The number of rotatable bonds is 3. The van der Waals surface area contributed by atoms with Gasteiger partial charge in [-0.1, -0.05) is 0 Å². The van der Waals surface area contributed by atoms with E-state index in [0.717, 1.165) is 5.75 Å². The van der Waals surface area contributed by atoms with Crippen LogP contribution in [0, 0.1) is 0 Å². The SMILES string of the molecule is CCOc1ccc(-n2cc[nH]c(=O)c2=O)cc1. The standard InChI is InChI=1S/C12H12N2O3/c1-2-17-10-5-3-9(4-6-10)14-8-7-13-11(15)12(14)16/h3-8H,2H2,1H3,(H,13,15). The number of aromatic nitrogens is 2. The molecule has 17 heavy (non-hydrogen) atoms. The van der Waals surface area contributed by atoms with Gasteiger partial charge in [-0.25, -0.2) is 0 Å². The number of ether oxygens (including phenoxy) is 1. The molecule has 88 valence electrons. The van der Waals surface area contributed by atoms with E-state index in [-0.39, 0.29) is 0 Å². The summed E-state index contributed by atoms with van der Waals surface area (Å²) in [5.74, 6) is 0.731. The van der Waals surface area contributed by atoms with Gasteiger partial charge in [-0.3, -0.25) is 14.2 Å². The summed E-state index contributed by atoms with van der Waals surface area (Å²) in [4.78, 5) is 25.1. The molecule has 1 heterocycles. The summed E-state index contributed by atoms with van der Waals surface area (Å²) in [5, 5.41) is 0. The molecule has 2 rings (SSSR count). The normalized spacial score (nSPS) is 10.2. The van der Waals surface area contributed by atoms with E-state index in [9.17, 15) is 9.59 Å². The van der Waals surface area contributed by atoms with E-state index in [1.54, 1.807) is 24.3 Å². The van der Waals surface area contributed by atoms with Crippen LogP contribution < -0.4 is 15.9 Å². The van der Waals surface area contributed by atoms with Gasteiger partial charge in [-0.2, -0.15) is 0 Å². The second kappa shape index (κ2) is 4.69. The second-order valence-corrected chi connectivity index (χ2v) is 3.39. The molecule has 0 saturated carbocycles. The third-order valence-corrected chi connectivity index (χ3v) is 2.28. The molecule has 0 bridgehead atoms. The van der Waals surface area contributed by atoms with E-state index in [1.807, 2.05) is 6.92 Å². The molecule has 0 aliphatic rings. The van der Waals surface area contributed by atoms with Crippen molar-refractivity contribution < 1.29 is 4.74 Å². The van der Waals surface area contributed by atoms with Gasteiger partial charge in [0.1, 0.15) is 5.75 Å². The van der Waals surface area contributed by atoms with Crippen LogP contribution in [0.2, 0.25) is 0 Å². The lowest BCUT2D eigenvalue weighted by Gasteiger charge is -2.06. The van der Waals surface area contributed by atoms with E-state index in [2.05, 4.69) is 4.98 Å². The maximum atomic E-state index is 11.6. The van der Waals surface area contributed by atoms with Crippen LogP contribution >= 0.6 is 0 Å². The summed E-state index contributed by atoms with van der Waals surface area (Å²) in [5.41, 5.74) is -0.609. The van der Waals surface area contributed by atoms with E-state index >= 15 is 0 Å². The maximum absolute atomic E-state index is 11.6. The summed E-state index contributed by atoms with van der Waals surface area (Å²) >= 11 is 0. The van der Waals surface area contributed by atoms with Crippen molar-refractivity contribution in [3.8, 4) is 11.4 Å². The van der Waals surface area contributed by atoms with Crippen molar-refractivity contribution in [2.45, 2.75) is 6.92 Å². The third kappa shape index (κ3) is 2.28. The highest BCUT2D eigenvalue weighted by Gasteiger charge is 2.02. The average Bonchev–Trinajstić information content (AvgIpc) is 2.34.